The molecule has 1 spiro atoms. The van der Waals surface area contributed by atoms with Crippen LogP contribution in [-0.2, 0) is 16.6 Å². The maximum Gasteiger partial charge on any atom is 0.243 e. The third-order valence-electron chi connectivity index (χ3n) is 6.94. The van der Waals surface area contributed by atoms with E-state index in [1.807, 2.05) is 6.07 Å². The van der Waals surface area contributed by atoms with E-state index in [-0.39, 0.29) is 11.3 Å². The topological polar surface area (TPSA) is 71.3 Å². The molecule has 0 amide bonds. The van der Waals surface area contributed by atoms with Gasteiger partial charge in [0.15, 0.2) is 0 Å². The van der Waals surface area contributed by atoms with E-state index in [1.54, 1.807) is 34.9 Å². The van der Waals surface area contributed by atoms with E-state index in [4.69, 9.17) is 0 Å². The molecule has 2 aliphatic heterocycles. The highest BCUT2D eigenvalue weighted by atomic mass is 32.2. The molecule has 2 fully saturated rings. The second-order valence-corrected chi connectivity index (χ2v) is 11.0. The molecule has 0 N–H and O–H groups in total. The standard InChI is InChI=1S/C22H33N5O2S/c1-4-12-26-17-23-24-21(26)20-15-27(30(28,29)19-8-6-5-7-9-19)16-22(20)10-13-25(14-11-22)18(2)3/h5-9,17-18,20H,4,10-16H2,1-3H3. The number of likely N-dealkylation sites (tertiary alicyclic amines) is 1. The number of hydrogen-bond donors (Lipinski definition) is 0. The zero-order valence-corrected chi connectivity index (χ0v) is 19.1. The van der Waals surface area contributed by atoms with Crippen molar-refractivity contribution in [1.82, 2.24) is 24.0 Å². The molecule has 2 aromatic rings. The summed E-state index contributed by atoms with van der Waals surface area (Å²) < 4.78 is 30.7. The van der Waals surface area contributed by atoms with Crippen LogP contribution in [-0.4, -0.2) is 64.6 Å². The quantitative estimate of drug-likeness (QED) is 0.703. The van der Waals surface area contributed by atoms with E-state index >= 15 is 0 Å². The molecular weight excluding hydrogens is 398 g/mol. The van der Waals surface area contributed by atoms with Crippen LogP contribution < -0.4 is 0 Å². The van der Waals surface area contributed by atoms with Crippen molar-refractivity contribution in [3.63, 3.8) is 0 Å². The molecule has 0 aliphatic carbocycles. The highest BCUT2D eigenvalue weighted by Gasteiger charge is 2.53. The molecule has 0 radical (unpaired) electrons. The minimum absolute atomic E-state index is 0.0688. The van der Waals surface area contributed by atoms with Gasteiger partial charge in [-0.05, 0) is 63.7 Å². The van der Waals surface area contributed by atoms with Crippen molar-refractivity contribution in [1.29, 1.82) is 0 Å². The van der Waals surface area contributed by atoms with Crippen molar-refractivity contribution < 1.29 is 8.42 Å². The number of aromatic nitrogens is 3. The van der Waals surface area contributed by atoms with Crippen LogP contribution in [0.3, 0.4) is 0 Å². The van der Waals surface area contributed by atoms with Gasteiger partial charge in [-0.15, -0.1) is 10.2 Å². The number of nitrogens with zero attached hydrogens (tertiary/aromatic N) is 5. The van der Waals surface area contributed by atoms with Gasteiger partial charge in [-0.1, -0.05) is 25.1 Å². The van der Waals surface area contributed by atoms with Gasteiger partial charge in [0.05, 0.1) is 4.90 Å². The molecule has 8 heteroatoms. The van der Waals surface area contributed by atoms with Crippen molar-refractivity contribution >= 4 is 10.0 Å². The predicted octanol–water partition coefficient (Wildman–Crippen LogP) is 2.97. The summed E-state index contributed by atoms with van der Waals surface area (Å²) >= 11 is 0. The Morgan fingerprint density at radius 1 is 1.17 bits per heavy atom. The van der Waals surface area contributed by atoms with Gasteiger partial charge >= 0.3 is 0 Å². The van der Waals surface area contributed by atoms with Crippen LogP contribution in [0.4, 0.5) is 0 Å². The minimum atomic E-state index is -3.53. The second-order valence-electron chi connectivity index (χ2n) is 9.04. The maximum atomic E-state index is 13.4. The highest BCUT2D eigenvalue weighted by Crippen LogP contribution is 2.50. The van der Waals surface area contributed by atoms with Crippen molar-refractivity contribution in [2.45, 2.75) is 63.4 Å². The number of hydrogen-bond acceptors (Lipinski definition) is 5. The van der Waals surface area contributed by atoms with Gasteiger partial charge in [0.25, 0.3) is 0 Å². The number of aryl methyl sites for hydroxylation is 1. The minimum Gasteiger partial charge on any atom is -0.317 e. The van der Waals surface area contributed by atoms with Gasteiger partial charge in [-0.2, -0.15) is 4.31 Å². The molecule has 4 rings (SSSR count). The van der Waals surface area contributed by atoms with Crippen molar-refractivity contribution in [3.8, 4) is 0 Å². The molecule has 3 heterocycles. The van der Waals surface area contributed by atoms with E-state index in [0.29, 0.717) is 24.0 Å². The molecular formula is C22H33N5O2S. The summed E-state index contributed by atoms with van der Waals surface area (Å²) in [4.78, 5) is 2.86. The van der Waals surface area contributed by atoms with Gasteiger partial charge in [-0.3, -0.25) is 0 Å². The van der Waals surface area contributed by atoms with Gasteiger partial charge in [0.1, 0.15) is 12.2 Å². The van der Waals surface area contributed by atoms with E-state index < -0.39 is 10.0 Å². The summed E-state index contributed by atoms with van der Waals surface area (Å²) in [6.45, 7) is 10.5. The lowest BCUT2D eigenvalue weighted by molar-refractivity contribution is 0.0789. The third-order valence-corrected chi connectivity index (χ3v) is 8.77. The lowest BCUT2D eigenvalue weighted by Crippen LogP contribution is -2.46. The molecule has 0 bridgehead atoms. The Bertz CT molecular complexity index is 949. The number of piperidine rings is 1. The molecule has 1 aromatic heterocycles. The third kappa shape index (κ3) is 3.81. The molecule has 7 nitrogen and oxygen atoms in total. The Hall–Kier alpha value is -1.77. The molecule has 30 heavy (non-hydrogen) atoms. The molecule has 0 saturated carbocycles. The van der Waals surface area contributed by atoms with Gasteiger partial charge in [0, 0.05) is 31.6 Å². The average Bonchev–Trinajstić information content (AvgIpc) is 3.34. The Labute approximate surface area is 180 Å². The van der Waals surface area contributed by atoms with Gasteiger partial charge in [0.2, 0.25) is 10.0 Å². The fourth-order valence-corrected chi connectivity index (χ4v) is 6.71. The molecule has 1 atom stereocenters. The van der Waals surface area contributed by atoms with Crippen LogP contribution in [0.1, 0.15) is 51.8 Å². The van der Waals surface area contributed by atoms with Crippen LogP contribution >= 0.6 is 0 Å². The molecule has 1 aromatic carbocycles. The Morgan fingerprint density at radius 2 is 1.87 bits per heavy atom. The first-order valence-electron chi connectivity index (χ1n) is 11.0. The highest BCUT2D eigenvalue weighted by molar-refractivity contribution is 7.89. The van der Waals surface area contributed by atoms with Gasteiger partial charge in [-0.25, -0.2) is 8.42 Å². The maximum absolute atomic E-state index is 13.4. The molecule has 1 unspecified atom stereocenters. The van der Waals surface area contributed by atoms with Crippen LogP contribution in [0.2, 0.25) is 0 Å². The number of rotatable bonds is 6. The van der Waals surface area contributed by atoms with Crippen LogP contribution in [0.5, 0.6) is 0 Å². The van der Waals surface area contributed by atoms with Crippen LogP contribution in [0, 0.1) is 5.41 Å². The summed E-state index contributed by atoms with van der Waals surface area (Å²) in [5.74, 6) is 1.01. The Kier molecular flexibility index (Phi) is 6.01. The van der Waals surface area contributed by atoms with E-state index in [1.165, 1.54) is 0 Å². The fourth-order valence-electron chi connectivity index (χ4n) is 5.14. The van der Waals surface area contributed by atoms with Gasteiger partial charge < -0.3 is 9.47 Å². The van der Waals surface area contributed by atoms with Crippen LogP contribution in [0.15, 0.2) is 41.6 Å². The normalized spacial score (nSPS) is 22.9. The first-order chi connectivity index (χ1) is 14.4. The molecule has 2 saturated heterocycles. The summed E-state index contributed by atoms with van der Waals surface area (Å²) in [6.07, 6.45) is 4.76. The summed E-state index contributed by atoms with van der Waals surface area (Å²) in [5.41, 5.74) is -0.0915. The smallest absolute Gasteiger partial charge is 0.243 e. The van der Waals surface area contributed by atoms with E-state index in [9.17, 15) is 8.42 Å². The second kappa shape index (κ2) is 8.40. The first kappa shape index (κ1) is 21.5. The zero-order chi connectivity index (χ0) is 21.4. The Morgan fingerprint density at radius 3 is 2.50 bits per heavy atom. The number of sulfonamides is 1. The lowest BCUT2D eigenvalue weighted by Gasteiger charge is -2.43. The SMILES string of the molecule is CCCn1cnnc1C1CN(S(=O)(=O)c2ccccc2)CC12CCN(C(C)C)CC2. The largest absolute Gasteiger partial charge is 0.317 e. The zero-order valence-electron chi connectivity index (χ0n) is 18.2. The first-order valence-corrected chi connectivity index (χ1v) is 12.5. The van der Waals surface area contributed by atoms with E-state index in [2.05, 4.69) is 40.4 Å². The van der Waals surface area contributed by atoms with Crippen LogP contribution in [0.25, 0.3) is 0 Å². The monoisotopic (exact) mass is 431 g/mol. The lowest BCUT2D eigenvalue weighted by atomic mass is 9.70. The average molecular weight is 432 g/mol. The van der Waals surface area contributed by atoms with Crippen molar-refractivity contribution in [2.24, 2.45) is 5.41 Å². The fraction of sp³-hybridized carbons (Fsp3) is 0.636. The Balaban J connectivity index is 1.69. The summed E-state index contributed by atoms with van der Waals surface area (Å²) in [7, 11) is -3.53. The van der Waals surface area contributed by atoms with E-state index in [0.717, 1.165) is 44.7 Å². The van der Waals surface area contributed by atoms with Crippen molar-refractivity contribution in [2.75, 3.05) is 26.2 Å². The van der Waals surface area contributed by atoms with Crippen molar-refractivity contribution in [3.05, 3.63) is 42.5 Å². The molecule has 164 valence electrons. The summed E-state index contributed by atoms with van der Waals surface area (Å²) in [5, 5.41) is 8.67. The predicted molar refractivity (Wildman–Crippen MR) is 117 cm³/mol. The number of benzene rings is 1. The molecule has 2 aliphatic rings. The summed E-state index contributed by atoms with van der Waals surface area (Å²) in [6, 6.07) is 9.31.